The number of carbonyl (C=O) groups excluding carboxylic acids is 1. The second kappa shape index (κ2) is 10.7. The van der Waals surface area contributed by atoms with E-state index in [1.165, 1.54) is 11.1 Å². The summed E-state index contributed by atoms with van der Waals surface area (Å²) >= 11 is 0. The Morgan fingerprint density at radius 2 is 1.92 bits per heavy atom. The molecule has 2 N–H and O–H groups in total. The Balaban J connectivity index is 1.31. The first-order valence-electron chi connectivity index (χ1n) is 15.5. The summed E-state index contributed by atoms with van der Waals surface area (Å²) in [5.74, 6) is 3.15. The number of benzene rings is 1. The number of nitrogens with one attached hydrogen (secondary N) is 1. The van der Waals surface area contributed by atoms with Gasteiger partial charge in [-0.3, -0.25) is 4.79 Å². The van der Waals surface area contributed by atoms with Crippen LogP contribution in [-0.4, -0.2) is 29.1 Å². The number of rotatable bonds is 9. The van der Waals surface area contributed by atoms with Gasteiger partial charge in [0.25, 0.3) is 0 Å². The van der Waals surface area contributed by atoms with Crippen LogP contribution in [0.1, 0.15) is 117 Å². The molecule has 4 aliphatic rings. The minimum Gasteiger partial charge on any atom is -0.494 e. The van der Waals surface area contributed by atoms with Crippen molar-refractivity contribution in [3.63, 3.8) is 0 Å². The SMILES string of the molecule is CCCC(NC(C)C)c1cccc(OCC[C@]23CCC4C(CC=C5CC(=O)CC[C@@]54C)C2CCC3(C)O)c1. The van der Waals surface area contributed by atoms with Gasteiger partial charge in [-0.1, -0.05) is 57.9 Å². The maximum absolute atomic E-state index is 12.2. The van der Waals surface area contributed by atoms with Crippen LogP contribution in [0.5, 0.6) is 5.75 Å². The topological polar surface area (TPSA) is 58.6 Å². The highest BCUT2D eigenvalue weighted by atomic mass is 16.5. The van der Waals surface area contributed by atoms with Crippen LogP contribution < -0.4 is 10.1 Å². The maximum Gasteiger partial charge on any atom is 0.136 e. The van der Waals surface area contributed by atoms with Crippen LogP contribution in [0.3, 0.4) is 0 Å². The summed E-state index contributed by atoms with van der Waals surface area (Å²) in [5.41, 5.74) is 2.17. The van der Waals surface area contributed by atoms with Crippen LogP contribution in [0.2, 0.25) is 0 Å². The first kappa shape index (κ1) is 27.9. The van der Waals surface area contributed by atoms with E-state index < -0.39 is 5.60 Å². The van der Waals surface area contributed by atoms with Crippen LogP contribution in [0.15, 0.2) is 35.9 Å². The molecule has 1 aromatic rings. The monoisotopic (exact) mass is 521 g/mol. The lowest BCUT2D eigenvalue weighted by molar-refractivity contribution is -0.135. The van der Waals surface area contributed by atoms with Crippen molar-refractivity contribution in [2.24, 2.45) is 28.6 Å². The van der Waals surface area contributed by atoms with Crippen molar-refractivity contribution in [2.45, 2.75) is 123 Å². The molecule has 0 saturated heterocycles. The first-order valence-corrected chi connectivity index (χ1v) is 15.5. The van der Waals surface area contributed by atoms with Crippen molar-refractivity contribution in [2.75, 3.05) is 6.61 Å². The van der Waals surface area contributed by atoms with Gasteiger partial charge in [-0.25, -0.2) is 0 Å². The van der Waals surface area contributed by atoms with Crippen molar-refractivity contribution in [1.82, 2.24) is 5.32 Å². The Hall–Kier alpha value is -1.65. The molecular formula is C34H51NO3. The van der Waals surface area contributed by atoms with Crippen molar-refractivity contribution >= 4 is 5.78 Å². The number of carbonyl (C=O) groups is 1. The van der Waals surface area contributed by atoms with E-state index in [1.807, 2.05) is 0 Å². The van der Waals surface area contributed by atoms with Crippen LogP contribution in [0.25, 0.3) is 0 Å². The Bertz CT molecular complexity index is 1040. The summed E-state index contributed by atoms with van der Waals surface area (Å²) in [7, 11) is 0. The summed E-state index contributed by atoms with van der Waals surface area (Å²) in [5, 5.41) is 15.5. The number of ketones is 1. The molecule has 3 fully saturated rings. The van der Waals surface area contributed by atoms with Gasteiger partial charge in [0.1, 0.15) is 11.5 Å². The van der Waals surface area contributed by atoms with Gasteiger partial charge in [-0.15, -0.1) is 0 Å². The average Bonchev–Trinajstić information content (AvgIpc) is 3.14. The largest absolute Gasteiger partial charge is 0.494 e. The normalized spacial score (nSPS) is 37.3. The highest BCUT2D eigenvalue weighted by Crippen LogP contribution is 2.68. The van der Waals surface area contributed by atoms with Gasteiger partial charge in [0.05, 0.1) is 12.2 Å². The van der Waals surface area contributed by atoms with Gasteiger partial charge in [0, 0.05) is 30.3 Å². The molecule has 0 aliphatic heterocycles. The molecule has 4 heteroatoms. The molecule has 210 valence electrons. The minimum atomic E-state index is -0.644. The Morgan fingerprint density at radius 1 is 1.13 bits per heavy atom. The second-order valence-corrected chi connectivity index (χ2v) is 13.8. The summed E-state index contributed by atoms with van der Waals surface area (Å²) < 4.78 is 6.44. The lowest BCUT2D eigenvalue weighted by Gasteiger charge is -2.59. The molecule has 0 radical (unpaired) electrons. The average molecular weight is 522 g/mol. The second-order valence-electron chi connectivity index (χ2n) is 13.8. The number of aliphatic hydroxyl groups is 1. The number of Topliss-reactive ketones (excluding diaryl/α,β-unsaturated/α-hetero) is 1. The molecule has 0 aromatic heterocycles. The van der Waals surface area contributed by atoms with E-state index in [1.54, 1.807) is 0 Å². The fraction of sp³-hybridized carbons (Fsp3) is 0.735. The van der Waals surface area contributed by atoms with E-state index >= 15 is 0 Å². The third kappa shape index (κ3) is 4.89. The van der Waals surface area contributed by atoms with E-state index in [0.29, 0.717) is 48.6 Å². The zero-order chi connectivity index (χ0) is 27.1. The predicted molar refractivity (Wildman–Crippen MR) is 154 cm³/mol. The summed E-state index contributed by atoms with van der Waals surface area (Å²) in [6.45, 7) is 11.8. The van der Waals surface area contributed by atoms with Gasteiger partial charge in [0.2, 0.25) is 0 Å². The summed E-state index contributed by atoms with van der Waals surface area (Å²) in [4.78, 5) is 12.2. The molecule has 0 spiro atoms. The number of ether oxygens (including phenoxy) is 1. The molecule has 1 aromatic carbocycles. The molecule has 5 rings (SSSR count). The molecule has 4 aliphatic carbocycles. The third-order valence-corrected chi connectivity index (χ3v) is 11.3. The van der Waals surface area contributed by atoms with Gasteiger partial charge in [-0.2, -0.15) is 0 Å². The smallest absolute Gasteiger partial charge is 0.136 e. The van der Waals surface area contributed by atoms with E-state index in [0.717, 1.165) is 70.0 Å². The fourth-order valence-electron chi connectivity index (χ4n) is 9.33. The van der Waals surface area contributed by atoms with E-state index in [4.69, 9.17) is 4.74 Å². The number of allylic oxidation sites excluding steroid dienone is 2. The quantitative estimate of drug-likeness (QED) is 0.329. The fourth-order valence-corrected chi connectivity index (χ4v) is 9.33. The van der Waals surface area contributed by atoms with Gasteiger partial charge in [0.15, 0.2) is 0 Å². The zero-order valence-corrected chi connectivity index (χ0v) is 24.5. The Labute approximate surface area is 231 Å². The van der Waals surface area contributed by atoms with E-state index in [-0.39, 0.29) is 10.8 Å². The first-order chi connectivity index (χ1) is 18.1. The number of fused-ring (bicyclic) bond motifs is 5. The van der Waals surface area contributed by atoms with Crippen molar-refractivity contribution in [3.05, 3.63) is 41.5 Å². The summed E-state index contributed by atoms with van der Waals surface area (Å²) in [6.07, 6.45) is 13.3. The Kier molecular flexibility index (Phi) is 7.88. The number of hydrogen-bond donors (Lipinski definition) is 2. The molecule has 0 bridgehead atoms. The lowest BCUT2D eigenvalue weighted by atomic mass is 9.46. The highest BCUT2D eigenvalue weighted by Gasteiger charge is 2.63. The zero-order valence-electron chi connectivity index (χ0n) is 24.5. The lowest BCUT2D eigenvalue weighted by Crippen LogP contribution is -2.55. The maximum atomic E-state index is 12.2. The molecule has 7 atom stereocenters. The molecule has 0 amide bonds. The van der Waals surface area contributed by atoms with E-state index in [9.17, 15) is 9.90 Å². The standard InChI is InChI=1S/C34H51NO3/c1-6-8-31(35-23(2)3)24-9-7-10-27(21-24)38-20-19-34-18-15-29-28(30(34)14-17-33(34,5)37)12-11-25-22-26(36)13-16-32(25,29)4/h7,9-11,21,23,28-31,35,37H,6,8,12-20,22H2,1-5H3/t28?,29?,30?,31?,32-,33?,34+/m0/s1. The van der Waals surface area contributed by atoms with E-state index in [2.05, 4.69) is 70.3 Å². The molecule has 38 heavy (non-hydrogen) atoms. The third-order valence-electron chi connectivity index (χ3n) is 11.3. The van der Waals surface area contributed by atoms with Crippen LogP contribution in [-0.2, 0) is 4.79 Å². The molecule has 5 unspecified atom stereocenters. The molecule has 3 saturated carbocycles. The van der Waals surface area contributed by atoms with Crippen molar-refractivity contribution in [1.29, 1.82) is 0 Å². The predicted octanol–water partition coefficient (Wildman–Crippen LogP) is 7.56. The van der Waals surface area contributed by atoms with Crippen LogP contribution in [0, 0.1) is 28.6 Å². The van der Waals surface area contributed by atoms with Crippen molar-refractivity contribution < 1.29 is 14.6 Å². The summed E-state index contributed by atoms with van der Waals surface area (Å²) in [6, 6.07) is 9.42. The van der Waals surface area contributed by atoms with Crippen LogP contribution in [0.4, 0.5) is 0 Å². The van der Waals surface area contributed by atoms with Crippen LogP contribution >= 0.6 is 0 Å². The number of hydrogen-bond acceptors (Lipinski definition) is 4. The van der Waals surface area contributed by atoms with Gasteiger partial charge < -0.3 is 15.2 Å². The minimum absolute atomic E-state index is 0.0814. The molecule has 0 heterocycles. The molecule has 4 nitrogen and oxygen atoms in total. The van der Waals surface area contributed by atoms with Gasteiger partial charge in [-0.05, 0) is 99.2 Å². The van der Waals surface area contributed by atoms with Gasteiger partial charge >= 0.3 is 0 Å². The molecular weight excluding hydrogens is 470 g/mol. The highest BCUT2D eigenvalue weighted by molar-refractivity contribution is 5.82. The van der Waals surface area contributed by atoms with Crippen molar-refractivity contribution in [3.8, 4) is 5.75 Å². The Morgan fingerprint density at radius 3 is 2.68 bits per heavy atom.